The quantitative estimate of drug-likeness (QED) is 0.0199. The van der Waals surface area contributed by atoms with Gasteiger partial charge >= 0.3 is 68.7 Å². The van der Waals surface area contributed by atoms with Gasteiger partial charge in [-0.25, -0.2) is 0 Å². The molecule has 132 heavy (non-hydrogen) atoms. The van der Waals surface area contributed by atoms with Crippen molar-refractivity contribution < 1.29 is 420 Å². The number of carbonyl (C=O) groups excluding carboxylic acids is 20. The van der Waals surface area contributed by atoms with Gasteiger partial charge < -0.3 is 351 Å². The van der Waals surface area contributed by atoms with Gasteiger partial charge in [0.15, 0.2) is 62.9 Å². The molecule has 1 radical (unpaired) electrons. The second-order valence-electron chi connectivity index (χ2n) is 23.7. The van der Waals surface area contributed by atoms with Crippen LogP contribution in [0.1, 0.15) is 0 Å². The number of aliphatic carboxylic acids is 10. The second kappa shape index (κ2) is 79.2. The zero-order chi connectivity index (χ0) is 106. The number of carbonyl (C=O) groups is 20. The van der Waals surface area contributed by atoms with Crippen molar-refractivity contribution in [3.63, 3.8) is 0 Å². The minimum Gasteiger partial charge on any atom is -0.547 e. The first-order valence-corrected chi connectivity index (χ1v) is 33.0. The van der Waals surface area contributed by atoms with Crippen LogP contribution in [0.2, 0.25) is 0 Å². The molecule has 0 rings (SSSR count). The summed E-state index contributed by atoms with van der Waals surface area (Å²) >= 11 is 0. The number of aldehydes is 10. The normalized spacial score (nSPS) is 19.7. The molecule has 0 saturated carbocycles. The van der Waals surface area contributed by atoms with Crippen molar-refractivity contribution >= 4 is 123 Å². The van der Waals surface area contributed by atoms with E-state index in [-0.39, 0.29) is 132 Å². The van der Waals surface area contributed by atoms with E-state index < -0.39 is 304 Å². The molecule has 40 N–H and O–H groups in total. The summed E-state index contributed by atoms with van der Waals surface area (Å²) in [6, 6.07) is 0. The Morgan fingerprint density at radius 2 is 0.174 bits per heavy atom. The number of aliphatic hydroxyl groups is 40. The Morgan fingerprint density at radius 3 is 0.205 bits per heavy atom. The molecule has 72 heteroatoms. The van der Waals surface area contributed by atoms with Crippen LogP contribution in [0.3, 0.4) is 0 Å². The fourth-order valence-corrected chi connectivity index (χ4v) is 6.09. The van der Waals surface area contributed by atoms with Gasteiger partial charge in [-0.05, 0) is 0 Å². The van der Waals surface area contributed by atoms with E-state index >= 15 is 0 Å². The summed E-state index contributed by atoms with van der Waals surface area (Å²) in [5.74, 6) is -20.1. The molecule has 0 aromatic rings. The van der Waals surface area contributed by atoms with E-state index in [0.29, 0.717) is 0 Å². The van der Waals surface area contributed by atoms with Crippen LogP contribution in [0, 0.1) is 0 Å². The van der Waals surface area contributed by atoms with Crippen molar-refractivity contribution in [1.82, 2.24) is 0 Å². The van der Waals surface area contributed by atoms with Crippen molar-refractivity contribution in [2.75, 3.05) is 0 Å². The molecule has 40 atom stereocenters. The van der Waals surface area contributed by atoms with E-state index in [0.717, 1.165) is 0 Å². The summed E-state index contributed by atoms with van der Waals surface area (Å²) in [6.07, 6.45) is -86.5. The van der Waals surface area contributed by atoms with Gasteiger partial charge in [0.25, 0.3) is 0 Å². The van der Waals surface area contributed by atoms with Crippen molar-refractivity contribution in [2.24, 2.45) is 0 Å². The molecular formula is C60H90CrKO70-6. The molecule has 0 fully saturated rings. The molecule has 0 aliphatic rings. The van der Waals surface area contributed by atoms with Gasteiger partial charge in [0.1, 0.15) is 244 Å². The van der Waals surface area contributed by atoms with Gasteiger partial charge in [-0.15, -0.1) is 0 Å². The third-order valence-electron chi connectivity index (χ3n) is 14.0. The number of hydrogen-bond acceptors (Lipinski definition) is 70. The van der Waals surface area contributed by atoms with Crippen LogP contribution in [-0.2, 0) is 113 Å². The van der Waals surface area contributed by atoms with Gasteiger partial charge in [-0.3, -0.25) is 0 Å². The molecule has 0 aliphatic carbocycles. The molecule has 0 aromatic carbocycles. The zero-order valence-electron chi connectivity index (χ0n) is 65.4. The van der Waals surface area contributed by atoms with E-state index in [2.05, 4.69) is 0 Å². The summed E-state index contributed by atoms with van der Waals surface area (Å²) in [4.78, 5) is 198. The summed E-state index contributed by atoms with van der Waals surface area (Å²) in [5, 5.41) is 448. The van der Waals surface area contributed by atoms with E-state index in [1.54, 1.807) is 0 Å². The molecule has 0 amide bonds. The number of rotatable bonds is 50. The van der Waals surface area contributed by atoms with Gasteiger partial charge in [0, 0.05) is 0 Å². The largest absolute Gasteiger partial charge is 3.00 e. The predicted octanol–water partition coefficient (Wildman–Crippen LogP) is -49.2. The summed E-state index contributed by atoms with van der Waals surface area (Å²) < 4.78 is 0. The maximum atomic E-state index is 9.95. The molecule has 763 valence electrons. The topological polar surface area (TPSA) is 1380 Å². The molecular weight excluding hydrogens is 1930 g/mol. The van der Waals surface area contributed by atoms with Crippen LogP contribution >= 0.6 is 0 Å². The van der Waals surface area contributed by atoms with E-state index in [4.69, 9.17) is 204 Å². The maximum Gasteiger partial charge on any atom is 3.00 e. The first-order valence-electron chi connectivity index (χ1n) is 33.0. The Labute approximate surface area is 782 Å². The average Bonchev–Trinajstić information content (AvgIpc) is 0.955. The van der Waals surface area contributed by atoms with E-state index in [1.165, 1.54) is 0 Å². The zero-order valence-corrected chi connectivity index (χ0v) is 69.8. The van der Waals surface area contributed by atoms with Crippen LogP contribution in [-0.4, -0.2) is 571 Å². The van der Waals surface area contributed by atoms with Crippen LogP contribution in [0.5, 0.6) is 0 Å². The second-order valence-corrected chi connectivity index (χ2v) is 23.7. The van der Waals surface area contributed by atoms with Gasteiger partial charge in [-0.1, -0.05) is 0 Å². The maximum absolute atomic E-state index is 9.95. The van der Waals surface area contributed by atoms with Crippen molar-refractivity contribution in [2.45, 2.75) is 244 Å². The minimum atomic E-state index is -2.36. The van der Waals surface area contributed by atoms with Crippen LogP contribution < -0.4 is 102 Å². The SMILES string of the molecule is O=C[C@H](O)[C@@H](O)[C@@H](O)[C@H](O)C(=O)[O-].O=C[C@H](O)[C@@H](O)[C@@H](O)[C@H](O)C(=O)[O-].O=C[C@H](O)[C@@H](O)[C@@H](O)[C@H](O)C(=O)[O-].O=C[C@H](O)[C@@H](O)[C@@H](O)[C@H](O)C(=O)[O-].O=C[C@H](O)[C@@H](O)[C@@H](O)[C@H](O)C(=O)[O-].O=C[C@H](O)[C@@H](O)[C@@H](O)[C@H](O)C(=O)[O-].O=C[C@H](O)[C@@H](O)[C@@H](O)[C@H](O)C(=O)[O-].O=C[C@H](O)[C@@H](O)[C@@H](O)[C@H](O)C(=O)[O-].O=C[C@H](O)[C@@H](O)[C@@H](O)[C@H](O)C(=O)[O-].O=C[C@H](O)[C@@H](O)[C@@H](O)[C@H](O)C(=O)[O-].[Cr+3].[K+]. The standard InChI is InChI=1S/10C6H10O7.Cr.K/c10*7-1-2(8)3(9)4(10)5(11)6(12)13;;/h10*1-5,8-11H,(H,12,13);;/q;;;;;;;;;;+3;+1/p-10/t10*2-,3+,4+,5-;;/m0000000000../s1. The van der Waals surface area contributed by atoms with Crippen molar-refractivity contribution in [3.05, 3.63) is 0 Å². The summed E-state index contributed by atoms with van der Waals surface area (Å²) in [5.41, 5.74) is 0. The molecule has 0 unspecified atom stereocenters. The smallest absolute Gasteiger partial charge is 0.547 e. The van der Waals surface area contributed by atoms with Crippen molar-refractivity contribution in [1.29, 1.82) is 0 Å². The third kappa shape index (κ3) is 60.4. The summed E-state index contributed by atoms with van der Waals surface area (Å²) in [6.45, 7) is 0. The molecule has 0 heterocycles. The van der Waals surface area contributed by atoms with Gasteiger partial charge in [0.2, 0.25) is 0 Å². The van der Waals surface area contributed by atoms with Crippen molar-refractivity contribution in [3.8, 4) is 0 Å². The monoisotopic (exact) mass is 2020 g/mol. The number of hydrogen-bond donors (Lipinski definition) is 40. The fraction of sp³-hybridized carbons (Fsp3) is 0.667. The van der Waals surface area contributed by atoms with E-state index in [1.807, 2.05) is 0 Å². The first kappa shape index (κ1) is 150. The Kier molecular flexibility index (Phi) is 89.7. The third-order valence-corrected chi connectivity index (χ3v) is 14.0. The van der Waals surface area contributed by atoms with Gasteiger partial charge in [0.05, 0.1) is 59.7 Å². The Morgan fingerprint density at radius 1 is 0.129 bits per heavy atom. The molecule has 0 aromatic heterocycles. The fourth-order valence-electron chi connectivity index (χ4n) is 6.09. The Balaban J connectivity index is -0.000000121. The number of carboxylic acids is 10. The molecule has 0 aliphatic heterocycles. The minimum absolute atomic E-state index is 0. The average molecular weight is 2020 g/mol. The summed E-state index contributed by atoms with van der Waals surface area (Å²) in [7, 11) is 0. The Hall–Kier alpha value is -8.03. The van der Waals surface area contributed by atoms with Crippen LogP contribution in [0.15, 0.2) is 0 Å². The van der Waals surface area contributed by atoms with Crippen LogP contribution in [0.4, 0.5) is 0 Å². The molecule has 0 saturated heterocycles. The molecule has 70 nitrogen and oxygen atoms in total. The predicted molar refractivity (Wildman–Crippen MR) is 351 cm³/mol. The van der Waals surface area contributed by atoms with E-state index in [9.17, 15) is 147 Å². The first-order chi connectivity index (χ1) is 59.1. The molecule has 0 spiro atoms. The van der Waals surface area contributed by atoms with Crippen LogP contribution in [0.25, 0.3) is 0 Å². The van der Waals surface area contributed by atoms with Gasteiger partial charge in [-0.2, -0.15) is 0 Å². The Bertz CT molecular complexity index is 2630. The molecule has 0 bridgehead atoms. The number of aliphatic hydroxyl groups excluding tert-OH is 40. The number of carboxylic acid groups (broad SMARTS) is 10.